The van der Waals surface area contributed by atoms with E-state index in [1.165, 1.54) is 0 Å². The molecule has 1 aromatic carbocycles. The Morgan fingerprint density at radius 2 is 2.00 bits per heavy atom. The Morgan fingerprint density at radius 1 is 1.38 bits per heavy atom. The maximum absolute atomic E-state index is 10.5. The van der Waals surface area contributed by atoms with Gasteiger partial charge in [-0.25, -0.2) is 0 Å². The van der Waals surface area contributed by atoms with Gasteiger partial charge >= 0.3 is 5.97 Å². The molecule has 0 amide bonds. The summed E-state index contributed by atoms with van der Waals surface area (Å²) in [6.45, 7) is 1.96. The quantitative estimate of drug-likeness (QED) is 0.911. The molecule has 0 unspecified atom stereocenters. The number of halogens is 2. The molecule has 0 saturated heterocycles. The summed E-state index contributed by atoms with van der Waals surface area (Å²) in [4.78, 5) is 10.5. The average molecular weight is 308 g/mol. The van der Waals surface area contributed by atoms with Gasteiger partial charge in [-0.15, -0.1) is 0 Å². The maximum atomic E-state index is 10.5. The molecule has 0 radical (unpaired) electrons. The fraction of sp³-hybridized carbons (Fsp3) is 0.222. The van der Waals surface area contributed by atoms with E-state index in [2.05, 4.69) is 31.9 Å². The Hall–Kier alpha value is -0.350. The second kappa shape index (κ2) is 4.24. The summed E-state index contributed by atoms with van der Waals surface area (Å²) in [5.74, 6) is -0.823. The highest BCUT2D eigenvalue weighted by Crippen LogP contribution is 2.30. The zero-order valence-electron chi connectivity index (χ0n) is 6.97. The van der Waals surface area contributed by atoms with Gasteiger partial charge in [0.25, 0.3) is 0 Å². The van der Waals surface area contributed by atoms with Crippen LogP contribution >= 0.6 is 31.9 Å². The lowest BCUT2D eigenvalue weighted by molar-refractivity contribution is -0.136. The second-order valence-corrected chi connectivity index (χ2v) is 4.33. The van der Waals surface area contributed by atoms with Crippen LogP contribution in [0.25, 0.3) is 0 Å². The standard InChI is InChI=1S/C9H8Br2O2/c1-5-2-3-6(4-7(12)13)9(11)8(5)10/h2-3H,4H2,1H3,(H,12,13). The Bertz CT molecular complexity index is 348. The van der Waals surface area contributed by atoms with Crippen LogP contribution in [0.3, 0.4) is 0 Å². The summed E-state index contributed by atoms with van der Waals surface area (Å²) >= 11 is 6.73. The molecule has 0 aliphatic rings. The molecule has 0 spiro atoms. The van der Waals surface area contributed by atoms with E-state index in [4.69, 9.17) is 5.11 Å². The van der Waals surface area contributed by atoms with E-state index in [0.29, 0.717) is 0 Å². The summed E-state index contributed by atoms with van der Waals surface area (Å²) in [5.41, 5.74) is 1.87. The zero-order chi connectivity index (χ0) is 10.0. The number of hydrogen-bond donors (Lipinski definition) is 1. The smallest absolute Gasteiger partial charge is 0.307 e. The van der Waals surface area contributed by atoms with Gasteiger partial charge in [-0.2, -0.15) is 0 Å². The van der Waals surface area contributed by atoms with Gasteiger partial charge in [0, 0.05) is 8.95 Å². The van der Waals surface area contributed by atoms with Gasteiger partial charge in [0.05, 0.1) is 6.42 Å². The molecule has 13 heavy (non-hydrogen) atoms. The van der Waals surface area contributed by atoms with Gasteiger partial charge in [0.2, 0.25) is 0 Å². The number of aliphatic carboxylic acids is 1. The van der Waals surface area contributed by atoms with Gasteiger partial charge in [-0.3, -0.25) is 4.79 Å². The molecule has 1 N–H and O–H groups in total. The van der Waals surface area contributed by atoms with Gasteiger partial charge < -0.3 is 5.11 Å². The van der Waals surface area contributed by atoms with Crippen LogP contribution in [-0.2, 0) is 11.2 Å². The van der Waals surface area contributed by atoms with Crippen molar-refractivity contribution in [1.82, 2.24) is 0 Å². The van der Waals surface area contributed by atoms with Crippen LogP contribution < -0.4 is 0 Å². The molecule has 0 aliphatic carbocycles. The van der Waals surface area contributed by atoms with Crippen LogP contribution in [0.2, 0.25) is 0 Å². The molecule has 0 fully saturated rings. The minimum absolute atomic E-state index is 0.0411. The summed E-state index contributed by atoms with van der Waals surface area (Å²) in [6.07, 6.45) is 0.0411. The van der Waals surface area contributed by atoms with Crippen molar-refractivity contribution in [2.75, 3.05) is 0 Å². The topological polar surface area (TPSA) is 37.3 Å². The molecule has 0 heterocycles. The molecule has 0 aliphatic heterocycles. The summed E-state index contributed by atoms with van der Waals surface area (Å²) in [5, 5.41) is 8.62. The predicted octanol–water partition coefficient (Wildman–Crippen LogP) is 3.15. The molecule has 0 bridgehead atoms. The first-order chi connectivity index (χ1) is 6.02. The molecule has 0 atom stereocenters. The number of rotatable bonds is 2. The normalized spacial score (nSPS) is 10.1. The fourth-order valence-corrected chi connectivity index (χ4v) is 1.96. The highest BCUT2D eigenvalue weighted by atomic mass is 79.9. The van der Waals surface area contributed by atoms with E-state index in [0.717, 1.165) is 20.1 Å². The second-order valence-electron chi connectivity index (χ2n) is 2.74. The third-order valence-electron chi connectivity index (χ3n) is 1.70. The van der Waals surface area contributed by atoms with Crippen LogP contribution in [0, 0.1) is 6.92 Å². The number of carboxylic acid groups (broad SMARTS) is 1. The van der Waals surface area contributed by atoms with Crippen molar-refractivity contribution in [3.63, 3.8) is 0 Å². The zero-order valence-corrected chi connectivity index (χ0v) is 10.1. The van der Waals surface area contributed by atoms with Crippen molar-refractivity contribution in [2.24, 2.45) is 0 Å². The van der Waals surface area contributed by atoms with E-state index in [1.807, 2.05) is 19.1 Å². The fourth-order valence-electron chi connectivity index (χ4n) is 0.985. The summed E-state index contributed by atoms with van der Waals surface area (Å²) < 4.78 is 1.75. The average Bonchev–Trinajstić information content (AvgIpc) is 2.06. The van der Waals surface area contributed by atoms with Crippen molar-refractivity contribution in [3.8, 4) is 0 Å². The van der Waals surface area contributed by atoms with Crippen LogP contribution in [-0.4, -0.2) is 11.1 Å². The maximum Gasteiger partial charge on any atom is 0.307 e. The number of aryl methyl sites for hydroxylation is 1. The van der Waals surface area contributed by atoms with Crippen molar-refractivity contribution in [2.45, 2.75) is 13.3 Å². The van der Waals surface area contributed by atoms with Gasteiger partial charge in [-0.1, -0.05) is 12.1 Å². The largest absolute Gasteiger partial charge is 0.481 e. The Labute approximate surface area is 93.2 Å². The molecule has 0 saturated carbocycles. The number of carbonyl (C=O) groups is 1. The lowest BCUT2D eigenvalue weighted by atomic mass is 10.1. The number of benzene rings is 1. The van der Waals surface area contributed by atoms with E-state index in [9.17, 15) is 4.79 Å². The number of carboxylic acids is 1. The Balaban J connectivity index is 3.10. The van der Waals surface area contributed by atoms with Crippen molar-refractivity contribution >= 4 is 37.8 Å². The van der Waals surface area contributed by atoms with E-state index >= 15 is 0 Å². The van der Waals surface area contributed by atoms with E-state index < -0.39 is 5.97 Å². The monoisotopic (exact) mass is 306 g/mol. The van der Waals surface area contributed by atoms with Gasteiger partial charge in [0.1, 0.15) is 0 Å². The lowest BCUT2D eigenvalue weighted by Gasteiger charge is -2.05. The van der Waals surface area contributed by atoms with Crippen LogP contribution in [0.1, 0.15) is 11.1 Å². The Morgan fingerprint density at radius 3 is 2.54 bits per heavy atom. The van der Waals surface area contributed by atoms with Gasteiger partial charge in [-0.05, 0) is 49.9 Å². The molecule has 1 rings (SSSR count). The minimum atomic E-state index is -0.823. The first-order valence-electron chi connectivity index (χ1n) is 3.67. The first kappa shape index (κ1) is 10.7. The Kier molecular flexibility index (Phi) is 3.50. The molecular weight excluding hydrogens is 300 g/mol. The third kappa shape index (κ3) is 2.54. The first-order valence-corrected chi connectivity index (χ1v) is 5.26. The highest BCUT2D eigenvalue weighted by Gasteiger charge is 2.09. The van der Waals surface area contributed by atoms with Crippen molar-refractivity contribution in [1.29, 1.82) is 0 Å². The lowest BCUT2D eigenvalue weighted by Crippen LogP contribution is -2.01. The van der Waals surface area contributed by atoms with Crippen molar-refractivity contribution in [3.05, 3.63) is 32.2 Å². The summed E-state index contributed by atoms with van der Waals surface area (Å²) in [6, 6.07) is 3.71. The van der Waals surface area contributed by atoms with E-state index in [1.54, 1.807) is 0 Å². The molecule has 2 nitrogen and oxygen atoms in total. The molecule has 1 aromatic rings. The van der Waals surface area contributed by atoms with Crippen LogP contribution in [0.15, 0.2) is 21.1 Å². The van der Waals surface area contributed by atoms with Gasteiger partial charge in [0.15, 0.2) is 0 Å². The third-order valence-corrected chi connectivity index (χ3v) is 4.16. The van der Waals surface area contributed by atoms with E-state index in [-0.39, 0.29) is 6.42 Å². The molecule has 70 valence electrons. The van der Waals surface area contributed by atoms with Crippen LogP contribution in [0.5, 0.6) is 0 Å². The predicted molar refractivity (Wildman–Crippen MR) is 57.9 cm³/mol. The summed E-state index contributed by atoms with van der Waals surface area (Å²) in [7, 11) is 0. The number of hydrogen-bond acceptors (Lipinski definition) is 1. The van der Waals surface area contributed by atoms with Crippen molar-refractivity contribution < 1.29 is 9.90 Å². The van der Waals surface area contributed by atoms with Crippen LogP contribution in [0.4, 0.5) is 0 Å². The molecule has 0 aromatic heterocycles. The molecule has 4 heteroatoms. The highest BCUT2D eigenvalue weighted by molar-refractivity contribution is 9.13. The minimum Gasteiger partial charge on any atom is -0.481 e. The SMILES string of the molecule is Cc1ccc(CC(=O)O)c(Br)c1Br. The molecular formula is C9H8Br2O2.